The number of carbonyl (C=O) groups is 2. The molecule has 0 unspecified atom stereocenters. The van der Waals surface area contributed by atoms with Crippen molar-refractivity contribution in [2.75, 3.05) is 31.0 Å². The van der Waals surface area contributed by atoms with Gasteiger partial charge in [-0.3, -0.25) is 4.79 Å². The molecule has 0 aliphatic rings. The number of carbonyl (C=O) groups excluding carboxylic acids is 2. The third-order valence-corrected chi connectivity index (χ3v) is 6.46. The Labute approximate surface area is 232 Å². The maximum atomic E-state index is 13.7. The number of nitrogens with zero attached hydrogens (tertiary/aromatic N) is 2. The molecular formula is C33H30F2N2O3. The lowest BCUT2D eigenvalue weighted by Gasteiger charge is -2.24. The Morgan fingerprint density at radius 2 is 1.45 bits per heavy atom. The summed E-state index contributed by atoms with van der Waals surface area (Å²) in [6.45, 7) is 0.249. The fourth-order valence-corrected chi connectivity index (χ4v) is 4.17. The summed E-state index contributed by atoms with van der Waals surface area (Å²) in [5.74, 6) is -0.827. The van der Waals surface area contributed by atoms with E-state index in [4.69, 9.17) is 0 Å². The zero-order chi connectivity index (χ0) is 28.6. The van der Waals surface area contributed by atoms with E-state index in [1.807, 2.05) is 43.3 Å². The molecule has 204 valence electrons. The van der Waals surface area contributed by atoms with Crippen molar-refractivity contribution in [1.82, 2.24) is 0 Å². The monoisotopic (exact) mass is 540 g/mol. The second-order valence-corrected chi connectivity index (χ2v) is 9.40. The Balaban J connectivity index is 1.64. The van der Waals surface area contributed by atoms with Crippen molar-refractivity contribution >= 4 is 29.3 Å². The van der Waals surface area contributed by atoms with Gasteiger partial charge in [-0.1, -0.05) is 60.7 Å². The first-order valence-corrected chi connectivity index (χ1v) is 12.7. The topological polar surface area (TPSA) is 49.9 Å². The quantitative estimate of drug-likeness (QED) is 0.164. The lowest BCUT2D eigenvalue weighted by atomic mass is 10.0. The van der Waals surface area contributed by atoms with Crippen LogP contribution in [-0.4, -0.2) is 33.1 Å². The number of alkyl halides is 2. The summed E-state index contributed by atoms with van der Waals surface area (Å²) in [5, 5.41) is 0. The number of halogens is 2. The van der Waals surface area contributed by atoms with Gasteiger partial charge in [-0.15, -0.1) is 0 Å². The predicted octanol–water partition coefficient (Wildman–Crippen LogP) is 7.39. The molecule has 0 radical (unpaired) electrons. The van der Waals surface area contributed by atoms with Crippen LogP contribution in [0.4, 0.5) is 20.2 Å². The third kappa shape index (κ3) is 6.99. The number of hydrogen-bond acceptors (Lipinski definition) is 4. The Kier molecular flexibility index (Phi) is 9.07. The first-order valence-electron chi connectivity index (χ1n) is 12.7. The largest absolute Gasteiger partial charge is 0.466 e. The van der Waals surface area contributed by atoms with E-state index in [2.05, 4.69) is 29.0 Å². The number of hydrogen-bond donors (Lipinski definition) is 0. The van der Waals surface area contributed by atoms with Crippen molar-refractivity contribution in [3.05, 3.63) is 125 Å². The number of esters is 1. The van der Waals surface area contributed by atoms with E-state index < -0.39 is 12.4 Å². The van der Waals surface area contributed by atoms with Gasteiger partial charge in [0.15, 0.2) is 0 Å². The van der Waals surface area contributed by atoms with E-state index >= 15 is 0 Å². The van der Waals surface area contributed by atoms with Crippen LogP contribution in [-0.2, 0) is 16.1 Å². The average molecular weight is 541 g/mol. The molecule has 4 aromatic carbocycles. The predicted molar refractivity (Wildman–Crippen MR) is 156 cm³/mol. The van der Waals surface area contributed by atoms with Gasteiger partial charge in [0.25, 0.3) is 12.3 Å². The van der Waals surface area contributed by atoms with E-state index in [0.29, 0.717) is 11.3 Å². The van der Waals surface area contributed by atoms with Gasteiger partial charge in [-0.25, -0.2) is 13.6 Å². The molecule has 0 bridgehead atoms. The smallest absolute Gasteiger partial charge is 0.330 e. The summed E-state index contributed by atoms with van der Waals surface area (Å²) >= 11 is 0. The zero-order valence-electron chi connectivity index (χ0n) is 22.6. The maximum absolute atomic E-state index is 13.7. The fourth-order valence-electron chi connectivity index (χ4n) is 4.17. The second-order valence-electron chi connectivity index (χ2n) is 9.40. The minimum absolute atomic E-state index is 0.146. The molecule has 5 nitrogen and oxygen atoms in total. The molecule has 0 fully saturated rings. The molecule has 0 aliphatic carbocycles. The van der Waals surface area contributed by atoms with Gasteiger partial charge in [0.1, 0.15) is 0 Å². The van der Waals surface area contributed by atoms with Crippen molar-refractivity contribution in [3.8, 4) is 11.1 Å². The van der Waals surface area contributed by atoms with Crippen LogP contribution in [0.1, 0.15) is 33.5 Å². The molecule has 0 saturated carbocycles. The normalized spacial score (nSPS) is 11.1. The summed E-state index contributed by atoms with van der Waals surface area (Å²) in [6, 6.07) is 28.7. The highest BCUT2D eigenvalue weighted by molar-refractivity contribution is 6.06. The van der Waals surface area contributed by atoms with Crippen molar-refractivity contribution < 1.29 is 23.1 Å². The number of rotatable bonds is 9. The molecule has 0 aromatic heterocycles. The molecule has 0 N–H and O–H groups in total. The van der Waals surface area contributed by atoms with E-state index in [0.717, 1.165) is 22.4 Å². The summed E-state index contributed by atoms with van der Waals surface area (Å²) in [6.07, 6.45) is 0.292. The number of benzene rings is 4. The maximum Gasteiger partial charge on any atom is 0.330 e. The molecule has 0 atom stereocenters. The Hall–Kier alpha value is -4.78. The van der Waals surface area contributed by atoms with Gasteiger partial charge in [-0.2, -0.15) is 0 Å². The van der Waals surface area contributed by atoms with E-state index in [1.165, 1.54) is 37.5 Å². The minimum atomic E-state index is -2.61. The molecule has 4 rings (SSSR count). The number of ether oxygens (including phenoxy) is 1. The summed E-state index contributed by atoms with van der Waals surface area (Å²) < 4.78 is 30.8. The number of anilines is 2. The first kappa shape index (κ1) is 28.2. The highest BCUT2D eigenvalue weighted by atomic mass is 19.3. The SMILES string of the molecule is COC(=O)/C=C/c1cccc(N(Cc2ccc(-c3ccc(N(C)C)cc3)cc2)C(=O)c2ccc(C(F)F)cc2)c1. The van der Waals surface area contributed by atoms with Crippen LogP contribution in [0.25, 0.3) is 17.2 Å². The Bertz CT molecular complexity index is 1480. The van der Waals surface area contributed by atoms with Gasteiger partial charge >= 0.3 is 5.97 Å². The van der Waals surface area contributed by atoms with Crippen LogP contribution < -0.4 is 9.80 Å². The third-order valence-electron chi connectivity index (χ3n) is 6.46. The molecule has 0 heterocycles. The highest BCUT2D eigenvalue weighted by Crippen LogP contribution is 2.27. The standard InChI is InChI=1S/C33H30F2N2O3/c1-36(2)29-18-16-26(17-19-29)25-10-7-24(8-11-25)22-37(33(39)28-14-12-27(13-15-28)32(34)35)30-6-4-5-23(21-30)9-20-31(38)40-3/h4-21,32H,22H2,1-3H3/b20-9+. The van der Waals surface area contributed by atoms with Gasteiger partial charge in [0.2, 0.25) is 0 Å². The van der Waals surface area contributed by atoms with Gasteiger partial charge in [-0.05, 0) is 64.7 Å². The van der Waals surface area contributed by atoms with E-state index in [1.54, 1.807) is 35.2 Å². The van der Waals surface area contributed by atoms with Crippen LogP contribution in [0.2, 0.25) is 0 Å². The first-order chi connectivity index (χ1) is 19.2. The summed E-state index contributed by atoms with van der Waals surface area (Å²) in [7, 11) is 5.29. The molecule has 4 aromatic rings. The lowest BCUT2D eigenvalue weighted by molar-refractivity contribution is -0.134. The van der Waals surface area contributed by atoms with Gasteiger partial charge in [0, 0.05) is 42.7 Å². The molecule has 7 heteroatoms. The zero-order valence-corrected chi connectivity index (χ0v) is 22.6. The highest BCUT2D eigenvalue weighted by Gasteiger charge is 2.19. The van der Waals surface area contributed by atoms with E-state index in [-0.39, 0.29) is 23.6 Å². The molecule has 0 spiro atoms. The Morgan fingerprint density at radius 1 is 0.825 bits per heavy atom. The fraction of sp³-hybridized carbons (Fsp3) is 0.152. The molecule has 0 aliphatic heterocycles. The number of methoxy groups -OCH3 is 1. The van der Waals surface area contributed by atoms with Crippen LogP contribution in [0, 0.1) is 0 Å². The Morgan fingerprint density at radius 3 is 2.02 bits per heavy atom. The molecule has 1 amide bonds. The van der Waals surface area contributed by atoms with Crippen molar-refractivity contribution in [1.29, 1.82) is 0 Å². The van der Waals surface area contributed by atoms with Crippen LogP contribution in [0.5, 0.6) is 0 Å². The lowest BCUT2D eigenvalue weighted by Crippen LogP contribution is -2.30. The average Bonchev–Trinajstić information content (AvgIpc) is 2.98. The van der Waals surface area contributed by atoms with Crippen molar-refractivity contribution in [2.45, 2.75) is 13.0 Å². The molecular weight excluding hydrogens is 510 g/mol. The van der Waals surface area contributed by atoms with Crippen LogP contribution in [0.3, 0.4) is 0 Å². The second kappa shape index (κ2) is 12.8. The number of amides is 1. The van der Waals surface area contributed by atoms with Gasteiger partial charge in [0.05, 0.1) is 13.7 Å². The van der Waals surface area contributed by atoms with Crippen LogP contribution in [0.15, 0.2) is 103 Å². The summed E-state index contributed by atoms with van der Waals surface area (Å²) in [5.41, 5.74) is 5.56. The van der Waals surface area contributed by atoms with Crippen LogP contribution >= 0.6 is 0 Å². The van der Waals surface area contributed by atoms with Gasteiger partial charge < -0.3 is 14.5 Å². The summed E-state index contributed by atoms with van der Waals surface area (Å²) in [4.78, 5) is 28.9. The van der Waals surface area contributed by atoms with E-state index in [9.17, 15) is 18.4 Å². The molecule has 0 saturated heterocycles. The van der Waals surface area contributed by atoms with Crippen molar-refractivity contribution in [2.24, 2.45) is 0 Å². The molecule has 40 heavy (non-hydrogen) atoms. The van der Waals surface area contributed by atoms with Crippen molar-refractivity contribution in [3.63, 3.8) is 0 Å². The minimum Gasteiger partial charge on any atom is -0.466 e.